The van der Waals surface area contributed by atoms with E-state index in [0.29, 0.717) is 19.3 Å². The largest absolute Gasteiger partial charge is 0.477 e. The van der Waals surface area contributed by atoms with Crippen LogP contribution in [-0.2, 0) is 42.8 Å². The van der Waals surface area contributed by atoms with Gasteiger partial charge in [0, 0.05) is 19.8 Å². The van der Waals surface area contributed by atoms with Crippen LogP contribution < -0.4 is 10.6 Å². The third kappa shape index (κ3) is 47.2. The van der Waals surface area contributed by atoms with Gasteiger partial charge in [-0.2, -0.15) is 0 Å². The van der Waals surface area contributed by atoms with Crippen LogP contribution in [0.25, 0.3) is 0 Å². The number of aliphatic hydroxyl groups is 11. The minimum Gasteiger partial charge on any atom is -0.477 e. The summed E-state index contributed by atoms with van der Waals surface area (Å²) in [6.45, 7) is 2.30. The fourth-order valence-corrected chi connectivity index (χ4v) is 16.9. The van der Waals surface area contributed by atoms with E-state index in [0.717, 1.165) is 51.9 Å². The van der Waals surface area contributed by atoms with E-state index in [9.17, 15) is 75.7 Å². The van der Waals surface area contributed by atoms with Gasteiger partial charge in [-0.1, -0.05) is 393 Å². The Morgan fingerprint density at radius 3 is 1.10 bits per heavy atom. The highest BCUT2D eigenvalue weighted by Crippen LogP contribution is 2.39. The predicted molar refractivity (Wildman–Crippen MR) is 449 cm³/mol. The van der Waals surface area contributed by atoms with E-state index < -0.39 is 148 Å². The molecule has 3 aliphatic heterocycles. The first-order valence-corrected chi connectivity index (χ1v) is 47.4. The molecule has 3 fully saturated rings. The van der Waals surface area contributed by atoms with Gasteiger partial charge in [0.15, 0.2) is 12.6 Å². The Balaban J connectivity index is 1.39. The fraction of sp³-hybridized carbons (Fsp3) is 0.967. The molecule has 3 rings (SSSR count). The highest BCUT2D eigenvalue weighted by molar-refractivity contribution is 5.77. The molecule has 0 bridgehead atoms. The van der Waals surface area contributed by atoms with Gasteiger partial charge < -0.3 is 100 Å². The number of carbonyl (C=O) groups is 3. The first kappa shape index (κ1) is 106. The quantitative estimate of drug-likeness (QED) is 0.0252. The Kier molecular flexibility index (Phi) is 64.4. The van der Waals surface area contributed by atoms with Crippen LogP contribution >= 0.6 is 0 Å². The SMILES string of the molecule is CCCCCCCCCCCCCCCCCCCCCCCCCCCCCCCCCCCCCCCCCC(=O)NC(COC1OC(CO)C(OC2OC(CO)C(O)C(OC3(C(=O)O)CC(O)C(NC(C)=O)C(C(O)C(O)CO)O3)C2O)C(O)C1O)C(O)CCCCCCCCCCCCCCCCCCCCCCC. The smallest absolute Gasteiger partial charge is 0.364 e. The molecule has 3 saturated heterocycles. The van der Waals surface area contributed by atoms with Crippen molar-refractivity contribution in [3.05, 3.63) is 0 Å². The van der Waals surface area contributed by atoms with Gasteiger partial charge in [-0.25, -0.2) is 4.79 Å². The molecule has 18 atom stereocenters. The summed E-state index contributed by atoms with van der Waals surface area (Å²) < 4.78 is 35.1. The molecule has 3 aliphatic rings. The Bertz CT molecular complexity index is 2250. The van der Waals surface area contributed by atoms with Crippen LogP contribution in [0.2, 0.25) is 0 Å². The van der Waals surface area contributed by atoms with E-state index in [1.165, 1.54) is 327 Å². The molecule has 0 aliphatic carbocycles. The van der Waals surface area contributed by atoms with Gasteiger partial charge in [-0.05, 0) is 12.8 Å². The van der Waals surface area contributed by atoms with Crippen molar-refractivity contribution in [2.45, 2.75) is 535 Å². The van der Waals surface area contributed by atoms with Crippen LogP contribution in [0, 0.1) is 0 Å². The molecule has 0 radical (unpaired) electrons. The normalized spacial score (nSPS) is 25.1. The van der Waals surface area contributed by atoms with Crippen molar-refractivity contribution in [3.8, 4) is 0 Å². The number of hydrogen-bond acceptors (Lipinski definition) is 20. The summed E-state index contributed by atoms with van der Waals surface area (Å²) >= 11 is 0. The number of amides is 2. The van der Waals surface area contributed by atoms with E-state index in [-0.39, 0.29) is 18.9 Å². The molecule has 3 heterocycles. The number of carboxylic acids is 1. The molecule has 23 nitrogen and oxygen atoms in total. The Morgan fingerprint density at radius 2 is 0.763 bits per heavy atom. The van der Waals surface area contributed by atoms with Crippen LogP contribution in [-0.4, -0.2) is 215 Å². The molecule has 0 saturated carbocycles. The number of rotatable bonds is 78. The van der Waals surface area contributed by atoms with Gasteiger partial charge in [-0.3, -0.25) is 9.59 Å². The van der Waals surface area contributed by atoms with Crippen molar-refractivity contribution in [2.75, 3.05) is 26.4 Å². The number of unbranched alkanes of at least 4 members (excludes halogenated alkanes) is 58. The molecular formula is C91H174N2O21. The van der Waals surface area contributed by atoms with Crippen molar-refractivity contribution >= 4 is 17.8 Å². The summed E-state index contributed by atoms with van der Waals surface area (Å²) in [6, 6.07) is -2.53. The van der Waals surface area contributed by atoms with Gasteiger partial charge in [0.2, 0.25) is 11.8 Å². The second-order valence-corrected chi connectivity index (χ2v) is 34.6. The zero-order valence-corrected chi connectivity index (χ0v) is 72.2. The second kappa shape index (κ2) is 69.3. The van der Waals surface area contributed by atoms with Gasteiger partial charge in [0.1, 0.15) is 67.1 Å². The van der Waals surface area contributed by atoms with E-state index in [4.69, 9.17) is 28.4 Å². The lowest BCUT2D eigenvalue weighted by atomic mass is 9.88. The maximum absolute atomic E-state index is 13.6. The monoisotopic (exact) mass is 1630 g/mol. The average Bonchev–Trinajstić information content (AvgIpc) is 0.752. The number of nitrogens with one attached hydrogen (secondary N) is 2. The summed E-state index contributed by atoms with van der Waals surface area (Å²) in [7, 11) is 0. The topological polar surface area (TPSA) is 373 Å². The molecule has 114 heavy (non-hydrogen) atoms. The van der Waals surface area contributed by atoms with Crippen molar-refractivity contribution in [3.63, 3.8) is 0 Å². The van der Waals surface area contributed by atoms with Crippen molar-refractivity contribution in [2.24, 2.45) is 0 Å². The van der Waals surface area contributed by atoms with Crippen molar-refractivity contribution in [1.29, 1.82) is 0 Å². The number of aliphatic hydroxyl groups excluding tert-OH is 11. The van der Waals surface area contributed by atoms with E-state index in [1.807, 2.05) is 0 Å². The molecule has 23 heteroatoms. The number of hydrogen-bond donors (Lipinski definition) is 14. The van der Waals surface area contributed by atoms with Gasteiger partial charge in [0.25, 0.3) is 5.79 Å². The summed E-state index contributed by atoms with van der Waals surface area (Å²) in [4.78, 5) is 38.8. The molecule has 14 N–H and O–H groups in total. The standard InChI is InChI=1S/C91H174N2O21/c1-4-6-8-10-12-14-16-18-20-22-24-26-27-28-29-30-31-32-33-34-35-36-37-38-39-40-41-42-43-45-47-49-51-53-55-57-59-61-63-65-78(101)93-72(73(98)64-62-60-58-56-54-52-50-48-46-44-25-23-21-19-17-15-13-11-9-7-5-2)70-109-88-83(105)82(104)85(77(69-96)111-88)112-89-84(106)87(81(103)76(68-95)110-89)114-91(90(107)108)66-74(99)79(92-71(3)97)86(113-91)80(102)75(100)67-94/h72-77,79-89,94-96,98-100,102-106H,4-70H2,1-3H3,(H,92,97)(H,93,101)(H,107,108). The van der Waals surface area contributed by atoms with Crippen LogP contribution in [0.3, 0.4) is 0 Å². The molecule has 0 spiro atoms. The second-order valence-electron chi connectivity index (χ2n) is 34.6. The zero-order valence-electron chi connectivity index (χ0n) is 72.2. The molecule has 18 unspecified atom stereocenters. The van der Waals surface area contributed by atoms with Crippen LogP contribution in [0.5, 0.6) is 0 Å². The Hall–Kier alpha value is -2.27. The molecule has 0 aromatic heterocycles. The van der Waals surface area contributed by atoms with Crippen molar-refractivity contribution < 1.29 is 104 Å². The minimum atomic E-state index is -3.08. The van der Waals surface area contributed by atoms with Crippen molar-refractivity contribution in [1.82, 2.24) is 10.6 Å². The van der Waals surface area contributed by atoms with Gasteiger partial charge in [0.05, 0.1) is 50.7 Å². The maximum Gasteiger partial charge on any atom is 0.364 e. The van der Waals surface area contributed by atoms with Crippen LogP contribution in [0.4, 0.5) is 0 Å². The first-order chi connectivity index (χ1) is 55.4. The lowest BCUT2D eigenvalue weighted by molar-refractivity contribution is -0.386. The third-order valence-electron chi connectivity index (χ3n) is 24.3. The molecule has 674 valence electrons. The Labute approximate surface area is 690 Å². The number of carbonyl (C=O) groups excluding carboxylic acids is 2. The maximum atomic E-state index is 13.6. The summed E-state index contributed by atoms with van der Waals surface area (Å²) in [5.74, 6) is -6.08. The van der Waals surface area contributed by atoms with E-state index in [2.05, 4.69) is 24.5 Å². The number of ether oxygens (including phenoxy) is 6. The summed E-state index contributed by atoms with van der Waals surface area (Å²) in [5, 5.41) is 137. The lowest BCUT2D eigenvalue weighted by Gasteiger charge is -2.50. The lowest BCUT2D eigenvalue weighted by Crippen LogP contribution is -2.70. The van der Waals surface area contributed by atoms with E-state index >= 15 is 0 Å². The fourth-order valence-electron chi connectivity index (χ4n) is 16.9. The van der Waals surface area contributed by atoms with Gasteiger partial charge in [-0.15, -0.1) is 0 Å². The third-order valence-corrected chi connectivity index (χ3v) is 24.3. The number of aliphatic carboxylic acids is 1. The highest BCUT2D eigenvalue weighted by Gasteiger charge is 2.60. The summed E-state index contributed by atoms with van der Waals surface area (Å²) in [5.41, 5.74) is 0. The molecule has 2 amide bonds. The van der Waals surface area contributed by atoms with Crippen LogP contribution in [0.15, 0.2) is 0 Å². The predicted octanol–water partition coefficient (Wildman–Crippen LogP) is 15.9. The molecular weight excluding hydrogens is 1460 g/mol. The van der Waals surface area contributed by atoms with Crippen LogP contribution in [0.1, 0.15) is 425 Å². The molecule has 0 aromatic carbocycles. The number of carboxylic acid groups (broad SMARTS) is 1. The minimum absolute atomic E-state index is 0.230. The first-order valence-electron chi connectivity index (χ1n) is 47.4. The zero-order chi connectivity index (χ0) is 83.1. The van der Waals surface area contributed by atoms with E-state index in [1.54, 1.807) is 0 Å². The van der Waals surface area contributed by atoms with Gasteiger partial charge >= 0.3 is 5.97 Å². The Morgan fingerprint density at radius 1 is 0.421 bits per heavy atom. The summed E-state index contributed by atoms with van der Waals surface area (Å²) in [6.07, 6.45) is 49.9. The highest BCUT2D eigenvalue weighted by atomic mass is 16.8. The average molecular weight is 1630 g/mol. The molecule has 0 aromatic rings.